The van der Waals surface area contributed by atoms with Crippen molar-refractivity contribution < 1.29 is 25.2 Å². The van der Waals surface area contributed by atoms with Crippen LogP contribution in [0, 0.1) is 0 Å². The molecule has 0 saturated heterocycles. The Balaban J connectivity index is 2.78. The van der Waals surface area contributed by atoms with Crippen LogP contribution in [-0.4, -0.2) is 28.3 Å². The zero-order valence-electron chi connectivity index (χ0n) is 12.8. The molecule has 0 amide bonds. The van der Waals surface area contributed by atoms with Gasteiger partial charge in [0.15, 0.2) is 0 Å². The van der Waals surface area contributed by atoms with Crippen LogP contribution < -0.4 is 8.37 Å². The molecule has 6 nitrogen and oxygen atoms in total. The van der Waals surface area contributed by atoms with Gasteiger partial charge in [-0.05, 0) is 25.0 Å². The molecule has 0 aromatic heterocycles. The Hall–Kier alpha value is -1.28. The van der Waals surface area contributed by atoms with Crippen LogP contribution in [0.4, 0.5) is 0 Å². The van der Waals surface area contributed by atoms with E-state index in [9.17, 15) is 16.8 Å². The van der Waals surface area contributed by atoms with Gasteiger partial charge < -0.3 is 8.37 Å². The van der Waals surface area contributed by atoms with Gasteiger partial charge in [0.05, 0.1) is 11.5 Å². The van der Waals surface area contributed by atoms with E-state index in [1.54, 1.807) is 0 Å². The van der Waals surface area contributed by atoms with Gasteiger partial charge in [0.25, 0.3) is 0 Å². The number of unbranched alkanes of at least 4 members (excludes halogenated alkanes) is 2. The van der Waals surface area contributed by atoms with Crippen LogP contribution >= 0.6 is 0 Å². The SMILES string of the molecule is CCCCS(=O)(=O)Oc1cccc(OS(=O)(=O)CCCC)c1. The summed E-state index contributed by atoms with van der Waals surface area (Å²) in [5.74, 6) is -0.0779. The van der Waals surface area contributed by atoms with Gasteiger partial charge in [-0.1, -0.05) is 32.8 Å². The van der Waals surface area contributed by atoms with Crippen molar-refractivity contribution in [1.29, 1.82) is 0 Å². The minimum atomic E-state index is -3.68. The molecule has 0 N–H and O–H groups in total. The summed E-state index contributed by atoms with van der Waals surface area (Å²) in [7, 11) is -7.35. The van der Waals surface area contributed by atoms with Crippen LogP contribution in [0.3, 0.4) is 0 Å². The van der Waals surface area contributed by atoms with Gasteiger partial charge in [0, 0.05) is 6.07 Å². The lowest BCUT2D eigenvalue weighted by molar-refractivity contribution is 0.474. The third-order valence-electron chi connectivity index (χ3n) is 2.75. The van der Waals surface area contributed by atoms with E-state index < -0.39 is 20.2 Å². The molecular weight excluding hydrogens is 328 g/mol. The van der Waals surface area contributed by atoms with Gasteiger partial charge >= 0.3 is 20.2 Å². The first-order valence-corrected chi connectivity index (χ1v) is 10.4. The number of rotatable bonds is 10. The van der Waals surface area contributed by atoms with Crippen LogP contribution in [0.1, 0.15) is 39.5 Å². The summed E-state index contributed by atoms with van der Waals surface area (Å²) < 4.78 is 56.7. The molecule has 0 aliphatic carbocycles. The first-order valence-electron chi connectivity index (χ1n) is 7.22. The van der Waals surface area contributed by atoms with Crippen LogP contribution in [0.5, 0.6) is 11.5 Å². The largest absolute Gasteiger partial charge is 0.382 e. The van der Waals surface area contributed by atoms with E-state index in [1.807, 2.05) is 13.8 Å². The van der Waals surface area contributed by atoms with E-state index >= 15 is 0 Å². The standard InChI is InChI=1S/C14H22O6S2/c1-3-5-10-21(15,16)19-13-8-7-9-14(12-13)20-22(17,18)11-6-4-2/h7-9,12H,3-6,10-11H2,1-2H3. The average Bonchev–Trinajstić information content (AvgIpc) is 2.42. The van der Waals surface area contributed by atoms with E-state index in [-0.39, 0.29) is 23.0 Å². The molecule has 0 spiro atoms. The highest BCUT2D eigenvalue weighted by Crippen LogP contribution is 2.22. The number of hydrogen-bond acceptors (Lipinski definition) is 6. The number of benzene rings is 1. The van der Waals surface area contributed by atoms with Crippen molar-refractivity contribution in [2.75, 3.05) is 11.5 Å². The summed E-state index contributed by atoms with van der Waals surface area (Å²) in [5, 5.41) is 0. The van der Waals surface area contributed by atoms with E-state index in [1.165, 1.54) is 24.3 Å². The maximum atomic E-state index is 11.7. The van der Waals surface area contributed by atoms with Crippen molar-refractivity contribution in [2.24, 2.45) is 0 Å². The molecule has 0 atom stereocenters. The monoisotopic (exact) mass is 350 g/mol. The second-order valence-corrected chi connectivity index (χ2v) is 8.25. The molecule has 1 aromatic carbocycles. The predicted molar refractivity (Wildman–Crippen MR) is 85.1 cm³/mol. The highest BCUT2D eigenvalue weighted by molar-refractivity contribution is 7.87. The molecule has 0 aliphatic heterocycles. The Bertz CT molecular complexity index is 609. The molecule has 126 valence electrons. The van der Waals surface area contributed by atoms with Gasteiger partial charge in [-0.3, -0.25) is 0 Å². The Labute approximate surface area is 132 Å². The first-order chi connectivity index (χ1) is 10.3. The van der Waals surface area contributed by atoms with Crippen LogP contribution in [0.25, 0.3) is 0 Å². The molecule has 0 saturated carbocycles. The summed E-state index contributed by atoms with van der Waals surface area (Å²) in [4.78, 5) is 0. The smallest absolute Gasteiger partial charge is 0.309 e. The first kappa shape index (κ1) is 18.8. The molecule has 0 unspecified atom stereocenters. The summed E-state index contributed by atoms with van der Waals surface area (Å²) in [6.45, 7) is 3.76. The molecule has 1 aromatic rings. The van der Waals surface area contributed by atoms with Gasteiger partial charge in [-0.15, -0.1) is 0 Å². The Morgan fingerprint density at radius 3 is 1.59 bits per heavy atom. The van der Waals surface area contributed by atoms with E-state index in [4.69, 9.17) is 8.37 Å². The second kappa shape index (κ2) is 8.38. The van der Waals surface area contributed by atoms with Crippen LogP contribution in [0.2, 0.25) is 0 Å². The van der Waals surface area contributed by atoms with Crippen molar-refractivity contribution in [3.8, 4) is 11.5 Å². The van der Waals surface area contributed by atoms with Gasteiger partial charge in [-0.2, -0.15) is 16.8 Å². The zero-order chi connectivity index (χ0) is 16.6. The third kappa shape index (κ3) is 7.13. The fourth-order valence-electron chi connectivity index (χ4n) is 1.60. The lowest BCUT2D eigenvalue weighted by Crippen LogP contribution is -2.15. The van der Waals surface area contributed by atoms with Crippen molar-refractivity contribution in [1.82, 2.24) is 0 Å². The highest BCUT2D eigenvalue weighted by Gasteiger charge is 2.15. The van der Waals surface area contributed by atoms with E-state index in [2.05, 4.69) is 0 Å². The van der Waals surface area contributed by atoms with Gasteiger partial charge in [0.2, 0.25) is 0 Å². The third-order valence-corrected chi connectivity index (χ3v) is 5.22. The Kier molecular flexibility index (Phi) is 7.15. The van der Waals surface area contributed by atoms with E-state index in [0.29, 0.717) is 12.8 Å². The highest BCUT2D eigenvalue weighted by atomic mass is 32.2. The van der Waals surface area contributed by atoms with Gasteiger partial charge in [0.1, 0.15) is 11.5 Å². The van der Waals surface area contributed by atoms with Crippen molar-refractivity contribution in [3.63, 3.8) is 0 Å². The maximum absolute atomic E-state index is 11.7. The molecule has 8 heteroatoms. The summed E-state index contributed by atoms with van der Waals surface area (Å²) in [6.07, 6.45) is 2.48. The topological polar surface area (TPSA) is 86.7 Å². The quantitative estimate of drug-likeness (QED) is 0.603. The van der Waals surface area contributed by atoms with Crippen molar-refractivity contribution in [3.05, 3.63) is 24.3 Å². The summed E-state index contributed by atoms with van der Waals surface area (Å²) in [5.41, 5.74) is 0. The molecule has 0 fully saturated rings. The molecule has 0 heterocycles. The average molecular weight is 350 g/mol. The molecule has 0 radical (unpaired) electrons. The van der Waals surface area contributed by atoms with Crippen LogP contribution in [0.15, 0.2) is 24.3 Å². The van der Waals surface area contributed by atoms with Crippen LogP contribution in [-0.2, 0) is 20.2 Å². The van der Waals surface area contributed by atoms with E-state index in [0.717, 1.165) is 12.8 Å². The van der Waals surface area contributed by atoms with Gasteiger partial charge in [-0.25, -0.2) is 0 Å². The predicted octanol–water partition coefficient (Wildman–Crippen LogP) is 2.70. The maximum Gasteiger partial charge on any atom is 0.309 e. The minimum absolute atomic E-state index is 0.0410. The summed E-state index contributed by atoms with van der Waals surface area (Å²) in [6, 6.07) is 5.62. The fraction of sp³-hybridized carbons (Fsp3) is 0.571. The molecule has 0 bridgehead atoms. The normalized spacial score (nSPS) is 12.1. The Morgan fingerprint density at radius 1 is 0.818 bits per heavy atom. The lowest BCUT2D eigenvalue weighted by Gasteiger charge is -2.09. The molecule has 1 rings (SSSR count). The fourth-order valence-corrected chi connectivity index (χ4v) is 3.84. The second-order valence-electron chi connectivity index (χ2n) is 4.87. The zero-order valence-corrected chi connectivity index (χ0v) is 14.5. The minimum Gasteiger partial charge on any atom is -0.382 e. The lowest BCUT2D eigenvalue weighted by atomic mass is 10.3. The Morgan fingerprint density at radius 2 is 1.23 bits per heavy atom. The summed E-state index contributed by atoms with van der Waals surface area (Å²) >= 11 is 0. The van der Waals surface area contributed by atoms with Crippen molar-refractivity contribution >= 4 is 20.2 Å². The van der Waals surface area contributed by atoms with Crippen molar-refractivity contribution in [2.45, 2.75) is 39.5 Å². The number of hydrogen-bond donors (Lipinski definition) is 0. The molecule has 22 heavy (non-hydrogen) atoms. The molecular formula is C14H22O6S2. The molecule has 0 aliphatic rings.